The highest BCUT2D eigenvalue weighted by Crippen LogP contribution is 2.51. The van der Waals surface area contributed by atoms with Crippen LogP contribution in [0.1, 0.15) is 30.5 Å². The van der Waals surface area contributed by atoms with Gasteiger partial charge in [-0.15, -0.1) is 0 Å². The maximum Gasteiger partial charge on any atom is 0.416 e. The molecule has 0 N–H and O–H groups in total. The second-order valence-corrected chi connectivity index (χ2v) is 14.6. The third-order valence-corrected chi connectivity index (χ3v) is 11.0. The first-order chi connectivity index (χ1) is 26.1. The van der Waals surface area contributed by atoms with Gasteiger partial charge in [-0.1, -0.05) is 129 Å². The van der Waals surface area contributed by atoms with Crippen LogP contribution in [0, 0.1) is 0 Å². The maximum absolute atomic E-state index is 14.1. The van der Waals surface area contributed by atoms with E-state index >= 15 is 0 Å². The highest BCUT2D eigenvalue weighted by molar-refractivity contribution is 6.05. The number of nitrogens with zero attached hydrogens (tertiary/aromatic N) is 2. The number of aromatic nitrogens is 1. The molecule has 1 aromatic heterocycles. The molecule has 0 atom stereocenters. The largest absolute Gasteiger partial charge is 0.416 e. The predicted octanol–water partition coefficient (Wildman–Crippen LogP) is 14.0. The van der Waals surface area contributed by atoms with Crippen LogP contribution in [0.25, 0.3) is 55.5 Å². The Morgan fingerprint density at radius 1 is 0.500 bits per heavy atom. The van der Waals surface area contributed by atoms with E-state index in [4.69, 9.17) is 0 Å². The monoisotopic (exact) mass is 710 g/mol. The summed E-state index contributed by atoms with van der Waals surface area (Å²) >= 11 is 0. The minimum Gasteiger partial charge on any atom is -0.343 e. The van der Waals surface area contributed by atoms with Crippen molar-refractivity contribution in [1.82, 2.24) is 4.57 Å². The van der Waals surface area contributed by atoms with Gasteiger partial charge in [0, 0.05) is 46.0 Å². The lowest BCUT2D eigenvalue weighted by Gasteiger charge is -2.28. The van der Waals surface area contributed by atoms with Gasteiger partial charge in [0.1, 0.15) is 0 Å². The van der Waals surface area contributed by atoms with E-state index in [1.54, 1.807) is 6.07 Å². The summed E-state index contributed by atoms with van der Waals surface area (Å²) in [7, 11) is 1.92. The SMILES string of the molecule is Cn1c(-c2ccccc2)c(-c2ccc(N(c3ccc(-c4ccccc4)cc3)c3ccc4c(c3)C(C)(C)c3ccccc3-4)cc2)c2cc(C(F)(F)F)ccc21. The quantitative estimate of drug-likeness (QED) is 0.167. The van der Waals surface area contributed by atoms with Crippen molar-refractivity contribution in [3.63, 3.8) is 0 Å². The number of rotatable bonds is 6. The summed E-state index contributed by atoms with van der Waals surface area (Å²) in [6, 6.07) is 56.5. The van der Waals surface area contributed by atoms with E-state index in [2.05, 4.69) is 110 Å². The average molecular weight is 711 g/mol. The Balaban J connectivity index is 1.20. The molecule has 264 valence electrons. The first-order valence-corrected chi connectivity index (χ1v) is 18.1. The number of hydrogen-bond donors (Lipinski definition) is 0. The van der Waals surface area contributed by atoms with Gasteiger partial charge in [-0.25, -0.2) is 0 Å². The normalized spacial score (nSPS) is 13.1. The van der Waals surface area contributed by atoms with Gasteiger partial charge in [0.15, 0.2) is 0 Å². The summed E-state index contributed by atoms with van der Waals surface area (Å²) < 4.78 is 44.2. The van der Waals surface area contributed by atoms with Gasteiger partial charge in [-0.05, 0) is 99.1 Å². The van der Waals surface area contributed by atoms with Crippen molar-refractivity contribution in [2.75, 3.05) is 4.90 Å². The smallest absolute Gasteiger partial charge is 0.343 e. The van der Waals surface area contributed by atoms with Crippen LogP contribution in [0.2, 0.25) is 0 Å². The molecule has 0 unspecified atom stereocenters. The highest BCUT2D eigenvalue weighted by Gasteiger charge is 2.36. The number of fused-ring (bicyclic) bond motifs is 4. The Bertz CT molecular complexity index is 2650. The molecule has 0 saturated heterocycles. The molecule has 0 spiro atoms. The van der Waals surface area contributed by atoms with Crippen molar-refractivity contribution in [3.05, 3.63) is 187 Å². The second kappa shape index (κ2) is 12.7. The summed E-state index contributed by atoms with van der Waals surface area (Å²) in [5.74, 6) is 0. The zero-order valence-corrected chi connectivity index (χ0v) is 30.2. The van der Waals surface area contributed by atoms with E-state index in [1.807, 2.05) is 72.3 Å². The fourth-order valence-electron chi connectivity index (χ4n) is 8.34. The topological polar surface area (TPSA) is 8.17 Å². The Hall–Kier alpha value is -6.33. The first kappa shape index (κ1) is 33.5. The third kappa shape index (κ3) is 5.50. The molecule has 1 aliphatic rings. The van der Waals surface area contributed by atoms with Crippen LogP contribution >= 0.6 is 0 Å². The Kier molecular flexibility index (Phi) is 7.86. The number of anilines is 3. The van der Waals surface area contributed by atoms with Crippen molar-refractivity contribution in [2.45, 2.75) is 25.4 Å². The van der Waals surface area contributed by atoms with Crippen molar-refractivity contribution in [1.29, 1.82) is 0 Å². The van der Waals surface area contributed by atoms with Crippen LogP contribution in [0.5, 0.6) is 0 Å². The summed E-state index contributed by atoms with van der Waals surface area (Å²) in [5, 5.41) is 0.563. The Labute approximate surface area is 313 Å². The van der Waals surface area contributed by atoms with Crippen molar-refractivity contribution in [3.8, 4) is 44.6 Å². The molecule has 1 heterocycles. The molecule has 0 aliphatic heterocycles. The van der Waals surface area contributed by atoms with Crippen LogP contribution in [-0.2, 0) is 18.6 Å². The molecule has 0 fully saturated rings. The van der Waals surface area contributed by atoms with Crippen LogP contribution in [-0.4, -0.2) is 4.57 Å². The van der Waals surface area contributed by atoms with Gasteiger partial charge in [-0.2, -0.15) is 13.2 Å². The minimum atomic E-state index is -4.46. The van der Waals surface area contributed by atoms with Gasteiger partial charge in [-0.3, -0.25) is 0 Å². The summed E-state index contributed by atoms with van der Waals surface area (Å²) in [4.78, 5) is 2.26. The number of halogens is 3. The molecular weight excluding hydrogens is 674 g/mol. The van der Waals surface area contributed by atoms with E-state index < -0.39 is 11.7 Å². The average Bonchev–Trinajstić information content (AvgIpc) is 3.62. The number of hydrogen-bond acceptors (Lipinski definition) is 1. The van der Waals surface area contributed by atoms with Gasteiger partial charge in [0.05, 0.1) is 11.3 Å². The molecule has 0 saturated carbocycles. The van der Waals surface area contributed by atoms with E-state index in [-0.39, 0.29) is 5.41 Å². The lowest BCUT2D eigenvalue weighted by Crippen LogP contribution is -2.16. The standard InChI is InChI=1S/C49H37F3N2/c1-48(2)43-17-11-10-16-40(43)41-28-27-39(31-44(41)48)54(37-23-18-33(19-24-37)32-12-6-4-7-13-32)38-25-20-34(21-26-38)46-42-30-36(49(50,51)52)22-29-45(42)53(3)47(46)35-14-8-5-9-15-35/h4-31H,1-3H3. The molecule has 0 bridgehead atoms. The van der Waals surface area contributed by atoms with Crippen molar-refractivity contribution >= 4 is 28.0 Å². The first-order valence-electron chi connectivity index (χ1n) is 18.1. The van der Waals surface area contributed by atoms with Gasteiger partial charge in [0.25, 0.3) is 0 Å². The third-order valence-electron chi connectivity index (χ3n) is 11.0. The molecule has 0 amide bonds. The van der Waals surface area contributed by atoms with E-state index in [0.717, 1.165) is 56.1 Å². The fraction of sp³-hybridized carbons (Fsp3) is 0.102. The fourth-order valence-corrected chi connectivity index (χ4v) is 8.34. The van der Waals surface area contributed by atoms with Gasteiger partial charge < -0.3 is 9.47 Å². The maximum atomic E-state index is 14.1. The number of alkyl halides is 3. The Morgan fingerprint density at radius 2 is 1.04 bits per heavy atom. The zero-order valence-electron chi connectivity index (χ0n) is 30.2. The number of benzene rings is 7. The van der Waals surface area contributed by atoms with Crippen LogP contribution in [0.3, 0.4) is 0 Å². The lowest BCUT2D eigenvalue weighted by atomic mass is 9.82. The molecule has 7 aromatic carbocycles. The molecule has 2 nitrogen and oxygen atoms in total. The molecule has 9 rings (SSSR count). The molecule has 0 radical (unpaired) electrons. The Morgan fingerprint density at radius 3 is 1.69 bits per heavy atom. The van der Waals surface area contributed by atoms with Gasteiger partial charge in [0.2, 0.25) is 0 Å². The second-order valence-electron chi connectivity index (χ2n) is 14.6. The molecular formula is C49H37F3N2. The summed E-state index contributed by atoms with van der Waals surface area (Å²) in [5.41, 5.74) is 13.7. The van der Waals surface area contributed by atoms with Crippen LogP contribution < -0.4 is 4.90 Å². The molecule has 8 aromatic rings. The van der Waals surface area contributed by atoms with E-state index in [0.29, 0.717) is 5.39 Å². The molecule has 54 heavy (non-hydrogen) atoms. The zero-order chi connectivity index (χ0) is 37.2. The predicted molar refractivity (Wildman–Crippen MR) is 216 cm³/mol. The minimum absolute atomic E-state index is 0.175. The molecule has 1 aliphatic carbocycles. The number of aryl methyl sites for hydroxylation is 1. The highest BCUT2D eigenvalue weighted by atomic mass is 19.4. The lowest BCUT2D eigenvalue weighted by molar-refractivity contribution is -0.137. The van der Waals surface area contributed by atoms with Crippen LogP contribution in [0.15, 0.2) is 170 Å². The summed E-state index contributed by atoms with van der Waals surface area (Å²) in [6.07, 6.45) is -4.46. The van der Waals surface area contributed by atoms with Crippen LogP contribution in [0.4, 0.5) is 30.2 Å². The van der Waals surface area contributed by atoms with Crippen molar-refractivity contribution in [2.24, 2.45) is 7.05 Å². The van der Waals surface area contributed by atoms with E-state index in [9.17, 15) is 13.2 Å². The summed E-state index contributed by atoms with van der Waals surface area (Å²) in [6.45, 7) is 4.57. The molecule has 5 heteroatoms. The van der Waals surface area contributed by atoms with E-state index in [1.165, 1.54) is 34.4 Å². The van der Waals surface area contributed by atoms with Crippen molar-refractivity contribution < 1.29 is 13.2 Å². The van der Waals surface area contributed by atoms with Gasteiger partial charge >= 0.3 is 6.18 Å².